The highest BCUT2D eigenvalue weighted by molar-refractivity contribution is 7.89. The first-order valence-corrected chi connectivity index (χ1v) is 12.5. The number of piperidine rings is 1. The zero-order valence-electron chi connectivity index (χ0n) is 18.6. The Kier molecular flexibility index (Phi) is 6.56. The van der Waals surface area contributed by atoms with Crippen LogP contribution in [-0.2, 0) is 14.8 Å². The minimum absolute atomic E-state index is 0.0421. The van der Waals surface area contributed by atoms with Crippen molar-refractivity contribution in [2.24, 2.45) is 5.92 Å². The second kappa shape index (κ2) is 9.24. The second-order valence-corrected chi connectivity index (χ2v) is 10.6. The number of carbonyl (C=O) groups is 1. The highest BCUT2D eigenvalue weighted by Crippen LogP contribution is 2.32. The van der Waals surface area contributed by atoms with Gasteiger partial charge in [-0.2, -0.15) is 9.29 Å². The number of benzene rings is 2. The number of amides is 1. The molecule has 1 atom stereocenters. The number of aromatic nitrogens is 2. The number of nitrogens with zero attached hydrogens (tertiary/aromatic N) is 3. The summed E-state index contributed by atoms with van der Waals surface area (Å²) in [5.74, 6) is 0.00283. The quantitative estimate of drug-likeness (QED) is 0.572. The van der Waals surface area contributed by atoms with E-state index >= 15 is 0 Å². The fourth-order valence-electron chi connectivity index (χ4n) is 3.96. The third-order valence-corrected chi connectivity index (χ3v) is 8.08. The highest BCUT2D eigenvalue weighted by Gasteiger charge is 2.35. The number of nitrogens with one attached hydrogen (secondary N) is 1. The van der Waals surface area contributed by atoms with E-state index in [4.69, 9.17) is 16.1 Å². The topological polar surface area (TPSA) is 105 Å². The van der Waals surface area contributed by atoms with E-state index in [2.05, 4.69) is 15.5 Å². The van der Waals surface area contributed by atoms with Crippen molar-refractivity contribution in [1.29, 1.82) is 0 Å². The van der Waals surface area contributed by atoms with Crippen molar-refractivity contribution in [3.8, 4) is 11.4 Å². The third-order valence-electron chi connectivity index (χ3n) is 5.73. The van der Waals surface area contributed by atoms with Gasteiger partial charge in [-0.05, 0) is 56.5 Å². The predicted molar refractivity (Wildman–Crippen MR) is 126 cm³/mol. The van der Waals surface area contributed by atoms with Gasteiger partial charge in [-0.25, -0.2) is 8.42 Å². The molecular weight excluding hydrogens is 464 g/mol. The summed E-state index contributed by atoms with van der Waals surface area (Å²) >= 11 is 6.28. The molecule has 0 radical (unpaired) electrons. The van der Waals surface area contributed by atoms with Crippen LogP contribution < -0.4 is 5.32 Å². The van der Waals surface area contributed by atoms with Crippen molar-refractivity contribution in [2.45, 2.75) is 38.5 Å². The Hall–Kier alpha value is -2.75. The van der Waals surface area contributed by atoms with Crippen LogP contribution in [0.3, 0.4) is 0 Å². The maximum absolute atomic E-state index is 13.5. The van der Waals surface area contributed by atoms with Crippen LogP contribution in [0, 0.1) is 26.7 Å². The standard InChI is InChI=1S/C23H25ClN4O4S/c1-14-6-9-20(15(2)11-14)26-23(29)18-5-4-10-28(13-18)33(30,31)21-12-17(7-8-19(21)24)22-25-16(3)32-27-22/h6-9,11-12,18H,4-5,10,13H2,1-3H3,(H,26,29)/t18-/m1/s1. The lowest BCUT2D eigenvalue weighted by Crippen LogP contribution is -2.43. The van der Waals surface area contributed by atoms with Gasteiger partial charge in [0, 0.05) is 31.3 Å². The lowest BCUT2D eigenvalue weighted by Gasteiger charge is -2.31. The largest absolute Gasteiger partial charge is 0.339 e. The first kappa shape index (κ1) is 23.4. The van der Waals surface area contributed by atoms with Crippen LogP contribution in [-0.4, -0.2) is 41.9 Å². The van der Waals surface area contributed by atoms with E-state index in [1.165, 1.54) is 16.4 Å². The van der Waals surface area contributed by atoms with Crippen molar-refractivity contribution < 1.29 is 17.7 Å². The molecule has 3 aromatic rings. The zero-order chi connectivity index (χ0) is 23.8. The lowest BCUT2D eigenvalue weighted by atomic mass is 9.98. The van der Waals surface area contributed by atoms with Crippen LogP contribution in [0.2, 0.25) is 5.02 Å². The Bertz CT molecular complexity index is 1310. The van der Waals surface area contributed by atoms with Gasteiger partial charge in [-0.1, -0.05) is 34.5 Å². The molecule has 174 valence electrons. The van der Waals surface area contributed by atoms with Gasteiger partial charge in [0.15, 0.2) is 0 Å². The van der Waals surface area contributed by atoms with Crippen LogP contribution in [0.5, 0.6) is 0 Å². The van der Waals surface area contributed by atoms with E-state index < -0.39 is 15.9 Å². The third kappa shape index (κ3) is 4.95. The molecule has 0 unspecified atom stereocenters. The molecule has 8 nitrogen and oxygen atoms in total. The Labute approximate surface area is 198 Å². The van der Waals surface area contributed by atoms with Gasteiger partial charge in [-0.15, -0.1) is 0 Å². The molecule has 1 aliphatic rings. The van der Waals surface area contributed by atoms with Gasteiger partial charge >= 0.3 is 0 Å². The van der Waals surface area contributed by atoms with Crippen molar-refractivity contribution >= 4 is 33.2 Å². The molecule has 0 spiro atoms. The first-order chi connectivity index (χ1) is 15.6. The molecule has 0 saturated carbocycles. The van der Waals surface area contributed by atoms with Gasteiger partial charge in [0.1, 0.15) is 4.90 Å². The van der Waals surface area contributed by atoms with Crippen molar-refractivity contribution in [3.63, 3.8) is 0 Å². The fourth-order valence-corrected chi connectivity index (χ4v) is 5.98. The monoisotopic (exact) mass is 488 g/mol. The number of sulfonamides is 1. The maximum Gasteiger partial charge on any atom is 0.244 e. The lowest BCUT2D eigenvalue weighted by molar-refractivity contribution is -0.120. The summed E-state index contributed by atoms with van der Waals surface area (Å²) in [6, 6.07) is 10.4. The molecule has 2 heterocycles. The van der Waals surface area contributed by atoms with E-state index in [9.17, 15) is 13.2 Å². The molecule has 2 aromatic carbocycles. The maximum atomic E-state index is 13.5. The predicted octanol–water partition coefficient (Wildman–Crippen LogP) is 4.35. The van der Waals surface area contributed by atoms with Gasteiger partial charge < -0.3 is 9.84 Å². The van der Waals surface area contributed by atoms with Crippen molar-refractivity contribution in [2.75, 3.05) is 18.4 Å². The summed E-state index contributed by atoms with van der Waals surface area (Å²) in [5, 5.41) is 6.90. The Balaban J connectivity index is 1.55. The Morgan fingerprint density at radius 3 is 2.67 bits per heavy atom. The number of halogens is 1. The Morgan fingerprint density at radius 1 is 1.18 bits per heavy atom. The van der Waals surface area contributed by atoms with Crippen LogP contribution in [0.25, 0.3) is 11.4 Å². The molecule has 1 N–H and O–H groups in total. The van der Waals surface area contributed by atoms with Gasteiger partial charge in [0.25, 0.3) is 0 Å². The van der Waals surface area contributed by atoms with Crippen molar-refractivity contribution in [3.05, 3.63) is 58.4 Å². The minimum atomic E-state index is -3.93. The van der Waals surface area contributed by atoms with Gasteiger partial charge in [0.2, 0.25) is 27.6 Å². The molecular formula is C23H25ClN4O4S. The summed E-state index contributed by atoms with van der Waals surface area (Å²) in [5.41, 5.74) is 3.28. The van der Waals surface area contributed by atoms with Gasteiger partial charge in [0.05, 0.1) is 10.9 Å². The van der Waals surface area contributed by atoms with Crippen LogP contribution in [0.4, 0.5) is 5.69 Å². The molecule has 1 fully saturated rings. The van der Waals surface area contributed by atoms with Crippen molar-refractivity contribution in [1.82, 2.24) is 14.4 Å². The van der Waals surface area contributed by atoms with E-state index in [-0.39, 0.29) is 28.2 Å². The number of carbonyl (C=O) groups excluding carboxylic acids is 1. The summed E-state index contributed by atoms with van der Waals surface area (Å²) < 4.78 is 33.2. The van der Waals surface area contributed by atoms with E-state index in [0.717, 1.165) is 16.8 Å². The number of anilines is 1. The summed E-state index contributed by atoms with van der Waals surface area (Å²) in [7, 11) is -3.93. The summed E-state index contributed by atoms with van der Waals surface area (Å²) in [6.07, 6.45) is 1.18. The molecule has 4 rings (SSSR count). The van der Waals surface area contributed by atoms with E-state index in [1.54, 1.807) is 13.0 Å². The van der Waals surface area contributed by atoms with E-state index in [0.29, 0.717) is 30.8 Å². The number of hydrogen-bond acceptors (Lipinski definition) is 6. The molecule has 0 bridgehead atoms. The molecule has 1 saturated heterocycles. The Morgan fingerprint density at radius 2 is 1.97 bits per heavy atom. The average Bonchev–Trinajstić information content (AvgIpc) is 3.22. The molecule has 0 aliphatic carbocycles. The number of rotatable bonds is 5. The average molecular weight is 489 g/mol. The van der Waals surface area contributed by atoms with Crippen LogP contribution in [0.1, 0.15) is 29.9 Å². The summed E-state index contributed by atoms with van der Waals surface area (Å²) in [4.78, 5) is 17.0. The van der Waals surface area contributed by atoms with Crippen LogP contribution in [0.15, 0.2) is 45.8 Å². The van der Waals surface area contributed by atoms with Gasteiger partial charge in [-0.3, -0.25) is 4.79 Å². The van der Waals surface area contributed by atoms with Crippen LogP contribution >= 0.6 is 11.6 Å². The smallest absolute Gasteiger partial charge is 0.244 e. The minimum Gasteiger partial charge on any atom is -0.339 e. The summed E-state index contributed by atoms with van der Waals surface area (Å²) in [6.45, 7) is 5.97. The fraction of sp³-hybridized carbons (Fsp3) is 0.348. The molecule has 1 aromatic heterocycles. The second-order valence-electron chi connectivity index (χ2n) is 8.29. The normalized spacial score (nSPS) is 17.2. The SMILES string of the molecule is Cc1ccc(NC(=O)[C@@H]2CCCN(S(=O)(=O)c3cc(-c4noc(C)n4)ccc3Cl)C2)c(C)c1. The molecule has 1 amide bonds. The zero-order valence-corrected chi connectivity index (χ0v) is 20.2. The van der Waals surface area contributed by atoms with E-state index in [1.807, 2.05) is 32.0 Å². The highest BCUT2D eigenvalue weighted by atomic mass is 35.5. The molecule has 10 heteroatoms. The number of aryl methyl sites for hydroxylation is 3. The first-order valence-electron chi connectivity index (χ1n) is 10.6. The molecule has 33 heavy (non-hydrogen) atoms. The number of hydrogen-bond donors (Lipinski definition) is 1. The molecule has 1 aliphatic heterocycles.